The highest BCUT2D eigenvalue weighted by molar-refractivity contribution is 5.94. The number of carbonyl (C=O) groups is 2. The van der Waals surface area contributed by atoms with Gasteiger partial charge in [0.15, 0.2) is 0 Å². The summed E-state index contributed by atoms with van der Waals surface area (Å²) >= 11 is 0. The zero-order valence-electron chi connectivity index (χ0n) is 17.4. The van der Waals surface area contributed by atoms with Gasteiger partial charge < -0.3 is 16.0 Å². The topological polar surface area (TPSA) is 75.4 Å². The summed E-state index contributed by atoms with van der Waals surface area (Å²) in [5.74, 6) is 0.822. The summed E-state index contributed by atoms with van der Waals surface area (Å²) in [5, 5.41) is 3.04. The van der Waals surface area contributed by atoms with Crippen LogP contribution in [-0.4, -0.2) is 28.8 Å². The average Bonchev–Trinajstić information content (AvgIpc) is 3.59. The first-order chi connectivity index (χ1) is 14.1. The van der Waals surface area contributed by atoms with Crippen LogP contribution in [0.2, 0.25) is 0 Å². The Labute approximate surface area is 174 Å². The number of nitrogens with one attached hydrogen (secondary N) is 1. The lowest BCUT2D eigenvalue weighted by atomic mass is 9.85. The van der Waals surface area contributed by atoms with Gasteiger partial charge in [0.1, 0.15) is 0 Å². The number of hydrogen-bond donors (Lipinski definition) is 2. The van der Waals surface area contributed by atoms with E-state index in [-0.39, 0.29) is 29.8 Å². The molecule has 0 unspecified atom stereocenters. The molecule has 0 aromatic heterocycles. The van der Waals surface area contributed by atoms with Gasteiger partial charge in [-0.3, -0.25) is 9.59 Å². The fourth-order valence-corrected chi connectivity index (χ4v) is 4.92. The molecule has 0 heterocycles. The second kappa shape index (κ2) is 9.29. The number of rotatable bonds is 6. The van der Waals surface area contributed by atoms with Crippen molar-refractivity contribution in [1.29, 1.82) is 0 Å². The number of benzene rings is 1. The van der Waals surface area contributed by atoms with Crippen molar-refractivity contribution in [2.24, 2.45) is 17.6 Å². The minimum absolute atomic E-state index is 0.124. The number of amides is 2. The standard InChI is InChI=1S/C24H35N3O2/c25-20-11-13-22(14-12-20)27(24(29)19-6-2-1-3-7-19)16-17-5-4-8-21(15-17)26-23(28)18-9-10-18/h4-5,8,15,18-20,22H,1-3,6-7,9-14,16,25H2,(H,26,28). The van der Waals surface area contributed by atoms with Crippen molar-refractivity contribution < 1.29 is 9.59 Å². The molecular weight excluding hydrogens is 362 g/mol. The molecule has 0 spiro atoms. The minimum atomic E-state index is 0.124. The normalized spacial score (nSPS) is 25.4. The van der Waals surface area contributed by atoms with Crippen LogP contribution >= 0.6 is 0 Å². The third-order valence-electron chi connectivity index (χ3n) is 6.92. The van der Waals surface area contributed by atoms with E-state index in [9.17, 15) is 9.59 Å². The zero-order valence-corrected chi connectivity index (χ0v) is 17.4. The number of nitrogens with two attached hydrogens (primary N) is 1. The molecule has 5 heteroatoms. The highest BCUT2D eigenvalue weighted by Crippen LogP contribution is 2.32. The molecule has 5 nitrogen and oxygen atoms in total. The van der Waals surface area contributed by atoms with Crippen LogP contribution < -0.4 is 11.1 Å². The van der Waals surface area contributed by atoms with Gasteiger partial charge >= 0.3 is 0 Å². The lowest BCUT2D eigenvalue weighted by Gasteiger charge is -2.39. The fraction of sp³-hybridized carbons (Fsp3) is 0.667. The Balaban J connectivity index is 1.48. The van der Waals surface area contributed by atoms with Gasteiger partial charge in [0.25, 0.3) is 0 Å². The van der Waals surface area contributed by atoms with Crippen molar-refractivity contribution in [3.8, 4) is 0 Å². The Morgan fingerprint density at radius 3 is 2.34 bits per heavy atom. The molecule has 3 saturated carbocycles. The monoisotopic (exact) mass is 397 g/mol. The van der Waals surface area contributed by atoms with Crippen molar-refractivity contribution in [1.82, 2.24) is 4.90 Å². The van der Waals surface area contributed by atoms with E-state index in [4.69, 9.17) is 5.73 Å². The molecule has 158 valence electrons. The summed E-state index contributed by atoms with van der Waals surface area (Å²) in [6.07, 6.45) is 11.6. The van der Waals surface area contributed by atoms with Crippen LogP contribution in [0.5, 0.6) is 0 Å². The van der Waals surface area contributed by atoms with Crippen LogP contribution in [0.4, 0.5) is 5.69 Å². The Bertz CT molecular complexity index is 717. The molecule has 29 heavy (non-hydrogen) atoms. The molecular formula is C24H35N3O2. The Kier molecular flexibility index (Phi) is 6.53. The lowest BCUT2D eigenvalue weighted by molar-refractivity contribution is -0.140. The van der Waals surface area contributed by atoms with Gasteiger partial charge in [0.2, 0.25) is 11.8 Å². The summed E-state index contributed by atoms with van der Waals surface area (Å²) in [7, 11) is 0. The molecule has 4 rings (SSSR count). The summed E-state index contributed by atoms with van der Waals surface area (Å²) < 4.78 is 0. The fourth-order valence-electron chi connectivity index (χ4n) is 4.92. The van der Waals surface area contributed by atoms with E-state index in [1.165, 1.54) is 19.3 Å². The first-order valence-corrected chi connectivity index (χ1v) is 11.6. The molecule has 3 aliphatic carbocycles. The largest absolute Gasteiger partial charge is 0.335 e. The van der Waals surface area contributed by atoms with Crippen LogP contribution in [0.25, 0.3) is 0 Å². The molecule has 1 aromatic rings. The Morgan fingerprint density at radius 2 is 1.66 bits per heavy atom. The average molecular weight is 398 g/mol. The first-order valence-electron chi connectivity index (χ1n) is 11.6. The highest BCUT2D eigenvalue weighted by atomic mass is 16.2. The number of hydrogen-bond acceptors (Lipinski definition) is 3. The second-order valence-corrected chi connectivity index (χ2v) is 9.33. The van der Waals surface area contributed by atoms with Gasteiger partial charge in [-0.1, -0.05) is 31.4 Å². The van der Waals surface area contributed by atoms with Gasteiger partial charge in [-0.05, 0) is 69.1 Å². The van der Waals surface area contributed by atoms with Crippen LogP contribution in [0.1, 0.15) is 76.2 Å². The maximum atomic E-state index is 13.5. The second-order valence-electron chi connectivity index (χ2n) is 9.33. The van der Waals surface area contributed by atoms with Gasteiger partial charge in [0.05, 0.1) is 0 Å². The zero-order chi connectivity index (χ0) is 20.2. The van der Waals surface area contributed by atoms with Gasteiger partial charge in [0, 0.05) is 36.2 Å². The summed E-state index contributed by atoms with van der Waals surface area (Å²) in [6.45, 7) is 0.627. The van der Waals surface area contributed by atoms with Crippen LogP contribution in [0.15, 0.2) is 24.3 Å². The van der Waals surface area contributed by atoms with Crippen LogP contribution in [-0.2, 0) is 16.1 Å². The SMILES string of the molecule is NC1CCC(N(Cc2cccc(NC(=O)C3CC3)c2)C(=O)C2CCCCC2)CC1. The molecule has 0 radical (unpaired) electrons. The molecule has 0 saturated heterocycles. The maximum absolute atomic E-state index is 13.5. The molecule has 3 aliphatic rings. The number of carbonyl (C=O) groups excluding carboxylic acids is 2. The molecule has 0 bridgehead atoms. The molecule has 1 aromatic carbocycles. The predicted molar refractivity (Wildman–Crippen MR) is 115 cm³/mol. The van der Waals surface area contributed by atoms with E-state index in [1.807, 2.05) is 18.2 Å². The molecule has 3 fully saturated rings. The van der Waals surface area contributed by atoms with Gasteiger partial charge in [-0.25, -0.2) is 0 Å². The lowest BCUT2D eigenvalue weighted by Crippen LogP contribution is -2.46. The first kappa shape index (κ1) is 20.4. The van der Waals surface area contributed by atoms with Crippen molar-refractivity contribution >= 4 is 17.5 Å². The molecule has 0 atom stereocenters. The summed E-state index contributed by atoms with van der Waals surface area (Å²) in [5.41, 5.74) is 8.06. The van der Waals surface area contributed by atoms with E-state index in [0.717, 1.165) is 62.6 Å². The summed E-state index contributed by atoms with van der Waals surface area (Å²) in [6, 6.07) is 8.60. The van der Waals surface area contributed by atoms with E-state index >= 15 is 0 Å². The third kappa shape index (κ3) is 5.39. The van der Waals surface area contributed by atoms with E-state index < -0.39 is 0 Å². The third-order valence-corrected chi connectivity index (χ3v) is 6.92. The van der Waals surface area contributed by atoms with E-state index in [1.54, 1.807) is 0 Å². The van der Waals surface area contributed by atoms with E-state index in [2.05, 4.69) is 16.3 Å². The highest BCUT2D eigenvalue weighted by Gasteiger charge is 2.33. The van der Waals surface area contributed by atoms with E-state index in [0.29, 0.717) is 12.5 Å². The Morgan fingerprint density at radius 1 is 0.931 bits per heavy atom. The minimum Gasteiger partial charge on any atom is -0.335 e. The quantitative estimate of drug-likeness (QED) is 0.755. The van der Waals surface area contributed by atoms with Crippen molar-refractivity contribution in [3.05, 3.63) is 29.8 Å². The smallest absolute Gasteiger partial charge is 0.227 e. The van der Waals surface area contributed by atoms with Crippen molar-refractivity contribution in [3.63, 3.8) is 0 Å². The molecule has 3 N–H and O–H groups in total. The molecule has 0 aliphatic heterocycles. The molecule has 2 amide bonds. The summed E-state index contributed by atoms with van der Waals surface area (Å²) in [4.78, 5) is 27.7. The number of anilines is 1. The van der Waals surface area contributed by atoms with Crippen LogP contribution in [0, 0.1) is 11.8 Å². The Hall–Kier alpha value is -1.88. The predicted octanol–water partition coefficient (Wildman–Crippen LogP) is 4.21. The maximum Gasteiger partial charge on any atom is 0.227 e. The van der Waals surface area contributed by atoms with Gasteiger partial charge in [-0.2, -0.15) is 0 Å². The number of nitrogens with zero attached hydrogens (tertiary/aromatic N) is 1. The van der Waals surface area contributed by atoms with Crippen molar-refractivity contribution in [2.45, 2.75) is 89.3 Å². The van der Waals surface area contributed by atoms with Gasteiger partial charge in [-0.15, -0.1) is 0 Å². The van der Waals surface area contributed by atoms with Crippen LogP contribution in [0.3, 0.4) is 0 Å². The van der Waals surface area contributed by atoms with Crippen molar-refractivity contribution in [2.75, 3.05) is 5.32 Å².